The number of guanidine groups is 1. The summed E-state index contributed by atoms with van der Waals surface area (Å²) in [7, 11) is 0. The summed E-state index contributed by atoms with van der Waals surface area (Å²) in [5.74, 6) is -3.14. The Balaban J connectivity index is 2.60. The van der Waals surface area contributed by atoms with Crippen molar-refractivity contribution in [2.75, 3.05) is 11.9 Å². The molecule has 0 fully saturated rings. The molecule has 0 radical (unpaired) electrons. The van der Waals surface area contributed by atoms with Gasteiger partial charge in [-0.3, -0.25) is 19.8 Å². The topological polar surface area (TPSA) is 191 Å². The molecule has 0 aliphatic carbocycles. The quantitative estimate of drug-likeness (QED) is 0.0935. The molecule has 0 spiro atoms. The van der Waals surface area contributed by atoms with Gasteiger partial charge in [0.2, 0.25) is 5.91 Å². The summed E-state index contributed by atoms with van der Waals surface area (Å²) in [4.78, 5) is 38.3. The molecular weight excluding hydrogens is 439 g/mol. The highest BCUT2D eigenvalue weighted by atomic mass is 19.4. The Hall–Kier alpha value is -3.91. The van der Waals surface area contributed by atoms with Crippen LogP contribution < -0.4 is 21.7 Å². The first-order valence-electron chi connectivity index (χ1n) is 9.07. The van der Waals surface area contributed by atoms with Crippen molar-refractivity contribution >= 4 is 29.4 Å². The third-order valence-corrected chi connectivity index (χ3v) is 3.78. The van der Waals surface area contributed by atoms with Crippen LogP contribution >= 0.6 is 0 Å². The van der Waals surface area contributed by atoms with Gasteiger partial charge in [-0.2, -0.15) is 0 Å². The molecule has 12 nitrogen and oxygen atoms in total. The number of hydrogen-bond donors (Lipinski definition) is 6. The molecule has 7 N–H and O–H groups in total. The lowest BCUT2D eigenvalue weighted by atomic mass is 10.1. The lowest BCUT2D eigenvalue weighted by Gasteiger charge is -2.19. The number of carboxylic acid groups (broad SMARTS) is 1. The van der Waals surface area contributed by atoms with E-state index in [-0.39, 0.29) is 24.5 Å². The highest BCUT2D eigenvalue weighted by Gasteiger charge is 2.31. The molecule has 2 unspecified atom stereocenters. The first-order valence-corrected chi connectivity index (χ1v) is 9.07. The number of carbonyl (C=O) groups excluding carboxylic acids is 2. The van der Waals surface area contributed by atoms with E-state index in [1.54, 1.807) is 0 Å². The highest BCUT2D eigenvalue weighted by Crippen LogP contribution is 2.17. The molecule has 0 saturated heterocycles. The van der Waals surface area contributed by atoms with Crippen LogP contribution in [0, 0.1) is 5.41 Å². The molecule has 1 aromatic carbocycles. The molecule has 2 amide bonds. The molecule has 0 heterocycles. The molecule has 0 aliphatic heterocycles. The van der Waals surface area contributed by atoms with Crippen LogP contribution in [0.1, 0.15) is 30.1 Å². The second-order valence-corrected chi connectivity index (χ2v) is 6.35. The summed E-state index contributed by atoms with van der Waals surface area (Å²) in [6, 6.07) is 3.23. The predicted molar refractivity (Wildman–Crippen MR) is 105 cm³/mol. The van der Waals surface area contributed by atoms with Gasteiger partial charge in [0.25, 0.3) is 5.91 Å². The summed E-state index contributed by atoms with van der Waals surface area (Å²) < 4.78 is 35.4. The summed E-state index contributed by atoms with van der Waals surface area (Å²) >= 11 is 0. The van der Waals surface area contributed by atoms with Crippen LogP contribution in [0.3, 0.4) is 0 Å². The van der Waals surface area contributed by atoms with Gasteiger partial charge < -0.3 is 26.8 Å². The second kappa shape index (κ2) is 12.1. The number of amides is 2. The van der Waals surface area contributed by atoms with E-state index in [0.29, 0.717) is 12.1 Å². The number of nitrogens with zero attached hydrogens (tertiary/aromatic N) is 2. The van der Waals surface area contributed by atoms with Crippen molar-refractivity contribution in [1.29, 1.82) is 5.41 Å². The summed E-state index contributed by atoms with van der Waals surface area (Å²) in [5, 5.41) is 29.1. The number of carbonyl (C=O) groups is 3. The van der Waals surface area contributed by atoms with Crippen LogP contribution in [0.5, 0.6) is 0 Å². The number of nitrogens with one attached hydrogen (secondary N) is 4. The molecule has 0 aliphatic rings. The van der Waals surface area contributed by atoms with E-state index in [9.17, 15) is 32.7 Å². The van der Waals surface area contributed by atoms with Gasteiger partial charge in [0.1, 0.15) is 12.1 Å². The average molecular weight is 461 g/mol. The molecular formula is C17H22F3N7O5. The fourth-order valence-corrected chi connectivity index (χ4v) is 2.27. The zero-order valence-corrected chi connectivity index (χ0v) is 16.8. The van der Waals surface area contributed by atoms with E-state index >= 15 is 0 Å². The van der Waals surface area contributed by atoms with Crippen LogP contribution in [0.2, 0.25) is 0 Å². The predicted octanol–water partition coefficient (Wildman–Crippen LogP) is 1.36. The maximum atomic E-state index is 12.3. The maximum absolute atomic E-state index is 12.3. The summed E-state index contributed by atoms with van der Waals surface area (Å²) in [6.45, 7) is 1.75. The molecule has 176 valence electrons. The van der Waals surface area contributed by atoms with Gasteiger partial charge in [0, 0.05) is 23.1 Å². The fourth-order valence-electron chi connectivity index (χ4n) is 2.27. The number of nitrogens with two attached hydrogens (primary N) is 1. The second-order valence-electron chi connectivity index (χ2n) is 6.35. The SMILES string of the molecule is CC(Nc1ccc(C(=O)/N=N/OC(F)(F)F)cc1)C(=O)NC(CCCNC(=N)N)C(=O)O. The molecule has 15 heteroatoms. The van der Waals surface area contributed by atoms with Crippen LogP contribution in [0.15, 0.2) is 34.7 Å². The third-order valence-electron chi connectivity index (χ3n) is 3.78. The standard InChI is InChI=1S/C17H22F3N7O5/c1-9(13(28)25-12(15(30)31)3-2-8-23-16(21)22)24-11-6-4-10(5-7-11)14(29)26-27-32-17(18,19)20/h4-7,9,12,24H,2-3,8H2,1H3,(H,25,28)(H,30,31)(H4,21,22,23)/b27-26+. The first kappa shape index (κ1) is 26.1. The molecule has 1 aromatic rings. The lowest BCUT2D eigenvalue weighted by Crippen LogP contribution is -2.47. The molecule has 0 bridgehead atoms. The molecule has 2 atom stereocenters. The molecule has 0 aromatic heterocycles. The molecule has 1 rings (SSSR count). The van der Waals surface area contributed by atoms with Crippen molar-refractivity contribution in [3.63, 3.8) is 0 Å². The Bertz CT molecular complexity index is 846. The summed E-state index contributed by atoms with van der Waals surface area (Å²) in [5.41, 5.74) is 5.43. The largest absolute Gasteiger partial charge is 0.594 e. The highest BCUT2D eigenvalue weighted by molar-refractivity contribution is 5.95. The molecule has 0 saturated carbocycles. The number of benzene rings is 1. The number of rotatable bonds is 11. The average Bonchev–Trinajstić information content (AvgIpc) is 2.69. The van der Waals surface area contributed by atoms with E-state index < -0.39 is 36.2 Å². The van der Waals surface area contributed by atoms with Crippen molar-refractivity contribution < 1.29 is 37.5 Å². The minimum Gasteiger partial charge on any atom is -0.480 e. The van der Waals surface area contributed by atoms with E-state index in [2.05, 4.69) is 31.2 Å². The van der Waals surface area contributed by atoms with Gasteiger partial charge in [-0.15, -0.1) is 13.2 Å². The lowest BCUT2D eigenvalue weighted by molar-refractivity contribution is -0.329. The van der Waals surface area contributed by atoms with Gasteiger partial charge in [-0.05, 0) is 44.0 Å². The Kier molecular flexibility index (Phi) is 9.85. The smallest absolute Gasteiger partial charge is 0.480 e. The Morgan fingerprint density at radius 3 is 2.41 bits per heavy atom. The Morgan fingerprint density at radius 1 is 1.25 bits per heavy atom. The minimum absolute atomic E-state index is 0.0766. The number of carboxylic acids is 1. The zero-order valence-electron chi connectivity index (χ0n) is 16.8. The van der Waals surface area contributed by atoms with Crippen LogP contribution in [0.25, 0.3) is 0 Å². The molecule has 32 heavy (non-hydrogen) atoms. The number of halogens is 3. The fraction of sp³-hybridized carbons (Fsp3) is 0.412. The summed E-state index contributed by atoms with van der Waals surface area (Å²) in [6.07, 6.45) is -4.60. The van der Waals surface area contributed by atoms with Gasteiger partial charge in [0.15, 0.2) is 5.96 Å². The normalized spacial score (nSPS) is 13.1. The Labute approximate surface area is 179 Å². The van der Waals surface area contributed by atoms with Gasteiger partial charge in [-0.25, -0.2) is 4.79 Å². The van der Waals surface area contributed by atoms with E-state index in [0.717, 1.165) is 0 Å². The van der Waals surface area contributed by atoms with Gasteiger partial charge in [0.05, 0.1) is 0 Å². The van der Waals surface area contributed by atoms with Crippen molar-refractivity contribution in [3.8, 4) is 0 Å². The first-order chi connectivity index (χ1) is 14.9. The van der Waals surface area contributed by atoms with Gasteiger partial charge in [-0.1, -0.05) is 5.11 Å². The number of hydrogen-bond acceptors (Lipinski definition) is 7. The van der Waals surface area contributed by atoms with E-state index in [1.165, 1.54) is 31.2 Å². The van der Waals surface area contributed by atoms with E-state index in [4.69, 9.17) is 11.1 Å². The third kappa shape index (κ3) is 10.2. The van der Waals surface area contributed by atoms with Crippen LogP contribution in [-0.2, 0) is 14.4 Å². The minimum atomic E-state index is -5.06. The van der Waals surface area contributed by atoms with Crippen molar-refractivity contribution in [2.24, 2.45) is 16.1 Å². The number of anilines is 1. The van der Waals surface area contributed by atoms with E-state index in [1.807, 2.05) is 0 Å². The zero-order chi connectivity index (χ0) is 24.3. The van der Waals surface area contributed by atoms with Crippen molar-refractivity contribution in [1.82, 2.24) is 10.6 Å². The van der Waals surface area contributed by atoms with Crippen molar-refractivity contribution in [2.45, 2.75) is 38.2 Å². The Morgan fingerprint density at radius 2 is 1.88 bits per heavy atom. The van der Waals surface area contributed by atoms with Gasteiger partial charge >= 0.3 is 12.3 Å². The van der Waals surface area contributed by atoms with Crippen molar-refractivity contribution in [3.05, 3.63) is 29.8 Å². The number of aliphatic carboxylic acids is 1. The number of alkyl halides is 3. The van der Waals surface area contributed by atoms with Crippen LogP contribution in [-0.4, -0.2) is 53.8 Å². The maximum Gasteiger partial charge on any atom is 0.594 e. The van der Waals surface area contributed by atoms with Crippen LogP contribution in [0.4, 0.5) is 18.9 Å². The monoisotopic (exact) mass is 461 g/mol.